The third-order valence-corrected chi connectivity index (χ3v) is 3.97. The van der Waals surface area contributed by atoms with Crippen molar-refractivity contribution in [3.05, 3.63) is 23.9 Å². The fourth-order valence-electron chi connectivity index (χ4n) is 2.98. The molecule has 118 valence electrons. The van der Waals surface area contributed by atoms with E-state index < -0.39 is 11.7 Å². The molecule has 2 aliphatic rings. The Labute approximate surface area is 128 Å². The van der Waals surface area contributed by atoms with Crippen LogP contribution in [-0.4, -0.2) is 53.7 Å². The molecule has 3 heterocycles. The lowest BCUT2D eigenvalue weighted by atomic mass is 9.92. The Morgan fingerprint density at radius 3 is 3.18 bits per heavy atom. The van der Waals surface area contributed by atoms with Gasteiger partial charge in [-0.1, -0.05) is 0 Å². The molecule has 0 bridgehead atoms. The van der Waals surface area contributed by atoms with Gasteiger partial charge in [0.15, 0.2) is 0 Å². The number of alkyl carbamates (subject to hydrolysis) is 1. The number of pyridine rings is 1. The lowest BCUT2D eigenvalue weighted by molar-refractivity contribution is -0.00519. The Morgan fingerprint density at radius 1 is 1.59 bits per heavy atom. The molecule has 2 saturated heterocycles. The Morgan fingerprint density at radius 2 is 2.45 bits per heavy atom. The second-order valence-corrected chi connectivity index (χ2v) is 5.55. The van der Waals surface area contributed by atoms with Gasteiger partial charge in [-0.25, -0.2) is 9.78 Å². The highest BCUT2D eigenvalue weighted by Gasteiger charge is 2.45. The molecule has 0 aliphatic carbocycles. The van der Waals surface area contributed by atoms with Crippen LogP contribution in [0.1, 0.15) is 30.1 Å². The van der Waals surface area contributed by atoms with E-state index in [1.165, 1.54) is 0 Å². The van der Waals surface area contributed by atoms with Crippen LogP contribution in [-0.2, 0) is 4.74 Å². The number of nitrogens with zero attached hydrogens (tertiary/aromatic N) is 2. The van der Waals surface area contributed by atoms with Crippen molar-refractivity contribution in [2.45, 2.75) is 25.4 Å². The second kappa shape index (κ2) is 5.82. The fraction of sp³-hybridized carbons (Fsp3) is 0.533. The third kappa shape index (κ3) is 2.70. The van der Waals surface area contributed by atoms with Crippen LogP contribution in [0.25, 0.3) is 0 Å². The summed E-state index contributed by atoms with van der Waals surface area (Å²) in [6.07, 6.45) is 2.75. The topological polar surface area (TPSA) is 80.8 Å². The van der Waals surface area contributed by atoms with Crippen molar-refractivity contribution in [1.29, 1.82) is 0 Å². The molecule has 3 rings (SSSR count). The standard InChI is InChI=1S/C15H19N3O4/c1-2-21-12-11(5-3-7-16-12)13(19)18-8-4-6-15(10-18)9-17-14(20)22-15/h3,5,7H,2,4,6,8-10H2,1H3,(H,17,20)/t15-/m0/s1. The van der Waals surface area contributed by atoms with Gasteiger partial charge in [-0.3, -0.25) is 4.79 Å². The van der Waals surface area contributed by atoms with Crippen molar-refractivity contribution in [2.24, 2.45) is 0 Å². The molecule has 1 aromatic rings. The van der Waals surface area contributed by atoms with Crippen LogP contribution in [0.15, 0.2) is 18.3 Å². The first kappa shape index (κ1) is 14.6. The summed E-state index contributed by atoms with van der Waals surface area (Å²) in [6.45, 7) is 3.77. The number of carbonyl (C=O) groups excluding carboxylic acids is 2. The summed E-state index contributed by atoms with van der Waals surface area (Å²) in [5.41, 5.74) is -0.155. The second-order valence-electron chi connectivity index (χ2n) is 5.55. The molecule has 7 nitrogen and oxygen atoms in total. The molecular formula is C15H19N3O4. The van der Waals surface area contributed by atoms with Crippen LogP contribution in [0.5, 0.6) is 5.88 Å². The predicted octanol–water partition coefficient (Wildman–Crippen LogP) is 1.19. The van der Waals surface area contributed by atoms with Gasteiger partial charge < -0.3 is 19.7 Å². The maximum absolute atomic E-state index is 12.8. The molecule has 1 N–H and O–H groups in total. The Hall–Kier alpha value is -2.31. The molecule has 2 aliphatic heterocycles. The third-order valence-electron chi connectivity index (χ3n) is 3.97. The van der Waals surface area contributed by atoms with Crippen LogP contribution in [0.3, 0.4) is 0 Å². The minimum absolute atomic E-state index is 0.140. The number of hydrogen-bond acceptors (Lipinski definition) is 5. The predicted molar refractivity (Wildman–Crippen MR) is 77.8 cm³/mol. The molecule has 0 saturated carbocycles. The van der Waals surface area contributed by atoms with Crippen LogP contribution >= 0.6 is 0 Å². The highest BCUT2D eigenvalue weighted by Crippen LogP contribution is 2.29. The lowest BCUT2D eigenvalue weighted by Gasteiger charge is -2.38. The van der Waals surface area contributed by atoms with Gasteiger partial charge in [0.2, 0.25) is 5.88 Å². The first-order valence-corrected chi connectivity index (χ1v) is 7.47. The summed E-state index contributed by atoms with van der Waals surface area (Å²) in [7, 11) is 0. The van der Waals surface area contributed by atoms with E-state index in [0.717, 1.165) is 12.8 Å². The minimum atomic E-state index is -0.598. The van der Waals surface area contributed by atoms with Gasteiger partial charge in [-0.05, 0) is 31.9 Å². The summed E-state index contributed by atoms with van der Waals surface area (Å²) < 4.78 is 10.8. The molecule has 2 amide bonds. The van der Waals surface area contributed by atoms with Gasteiger partial charge in [0.25, 0.3) is 5.91 Å². The maximum atomic E-state index is 12.8. The zero-order valence-electron chi connectivity index (χ0n) is 12.5. The zero-order valence-corrected chi connectivity index (χ0v) is 12.5. The highest BCUT2D eigenvalue weighted by molar-refractivity contribution is 5.96. The smallest absolute Gasteiger partial charge is 0.407 e. The van der Waals surface area contributed by atoms with Crippen LogP contribution in [0.2, 0.25) is 0 Å². The van der Waals surface area contributed by atoms with Crippen molar-refractivity contribution in [3.8, 4) is 5.88 Å². The fourth-order valence-corrected chi connectivity index (χ4v) is 2.98. The zero-order chi connectivity index (χ0) is 15.6. The van der Waals surface area contributed by atoms with Crippen molar-refractivity contribution in [3.63, 3.8) is 0 Å². The Balaban J connectivity index is 1.79. The van der Waals surface area contributed by atoms with Gasteiger partial charge in [0.1, 0.15) is 11.2 Å². The quantitative estimate of drug-likeness (QED) is 0.907. The number of nitrogens with one attached hydrogen (secondary N) is 1. The number of likely N-dealkylation sites (tertiary alicyclic amines) is 1. The molecule has 2 fully saturated rings. The maximum Gasteiger partial charge on any atom is 0.407 e. The largest absolute Gasteiger partial charge is 0.477 e. The molecule has 22 heavy (non-hydrogen) atoms. The first-order valence-electron chi connectivity index (χ1n) is 7.47. The van der Waals surface area contributed by atoms with Crippen molar-refractivity contribution < 1.29 is 19.1 Å². The van der Waals surface area contributed by atoms with Gasteiger partial charge in [0, 0.05) is 12.7 Å². The summed E-state index contributed by atoms with van der Waals surface area (Å²) >= 11 is 0. The van der Waals surface area contributed by atoms with E-state index in [4.69, 9.17) is 9.47 Å². The normalized spacial score (nSPS) is 24.0. The van der Waals surface area contributed by atoms with E-state index in [-0.39, 0.29) is 5.91 Å². The molecule has 1 spiro atoms. The Kier molecular flexibility index (Phi) is 3.87. The SMILES string of the molecule is CCOc1ncccc1C(=O)N1CCC[C@]2(CNC(=O)O2)C1. The van der Waals surface area contributed by atoms with E-state index in [9.17, 15) is 9.59 Å². The number of ether oxygens (including phenoxy) is 2. The van der Waals surface area contributed by atoms with Gasteiger partial charge in [-0.15, -0.1) is 0 Å². The summed E-state index contributed by atoms with van der Waals surface area (Å²) in [5.74, 6) is 0.203. The number of rotatable bonds is 3. The number of amides is 2. The summed E-state index contributed by atoms with van der Waals surface area (Å²) in [4.78, 5) is 29.9. The summed E-state index contributed by atoms with van der Waals surface area (Å²) in [6, 6.07) is 3.42. The van der Waals surface area contributed by atoms with Crippen molar-refractivity contribution >= 4 is 12.0 Å². The van der Waals surface area contributed by atoms with Crippen LogP contribution in [0.4, 0.5) is 4.79 Å². The molecule has 1 aromatic heterocycles. The number of carbonyl (C=O) groups is 2. The number of hydrogen-bond donors (Lipinski definition) is 1. The Bertz CT molecular complexity index is 592. The molecule has 0 aromatic carbocycles. The molecular weight excluding hydrogens is 286 g/mol. The first-order chi connectivity index (χ1) is 10.6. The van der Waals surface area contributed by atoms with Gasteiger partial charge in [0.05, 0.1) is 19.7 Å². The minimum Gasteiger partial charge on any atom is -0.477 e. The summed E-state index contributed by atoms with van der Waals surface area (Å²) in [5, 5.41) is 2.67. The monoisotopic (exact) mass is 305 g/mol. The van der Waals surface area contributed by atoms with Crippen LogP contribution < -0.4 is 10.1 Å². The van der Waals surface area contributed by atoms with E-state index in [1.807, 2.05) is 6.92 Å². The lowest BCUT2D eigenvalue weighted by Crippen LogP contribution is -2.52. The van der Waals surface area contributed by atoms with E-state index in [2.05, 4.69) is 10.3 Å². The number of piperidine rings is 1. The van der Waals surface area contributed by atoms with Crippen LogP contribution in [0, 0.1) is 0 Å². The van der Waals surface area contributed by atoms with Gasteiger partial charge in [-0.2, -0.15) is 0 Å². The van der Waals surface area contributed by atoms with E-state index in [1.54, 1.807) is 23.2 Å². The van der Waals surface area contributed by atoms with Crippen molar-refractivity contribution in [2.75, 3.05) is 26.2 Å². The number of aromatic nitrogens is 1. The highest BCUT2D eigenvalue weighted by atomic mass is 16.6. The average Bonchev–Trinajstić information content (AvgIpc) is 2.88. The molecule has 0 radical (unpaired) electrons. The molecule has 0 unspecified atom stereocenters. The molecule has 7 heteroatoms. The molecule has 1 atom stereocenters. The average molecular weight is 305 g/mol. The van der Waals surface area contributed by atoms with E-state index in [0.29, 0.717) is 37.7 Å². The van der Waals surface area contributed by atoms with Crippen molar-refractivity contribution in [1.82, 2.24) is 15.2 Å². The van der Waals surface area contributed by atoms with Gasteiger partial charge >= 0.3 is 6.09 Å². The van der Waals surface area contributed by atoms with E-state index >= 15 is 0 Å².